The minimum Gasteiger partial charge on any atom is -0.771 e. The van der Waals surface area contributed by atoms with E-state index < -0.39 is 12.3 Å². The predicted molar refractivity (Wildman–Crippen MR) is 19.4 cm³/mol. The van der Waals surface area contributed by atoms with Crippen molar-refractivity contribution >= 4 is 5.97 Å². The molecule has 0 heterocycles. The fourth-order valence-corrected chi connectivity index (χ4v) is 0. The van der Waals surface area contributed by atoms with E-state index >= 15 is 0 Å². The third-order valence-corrected chi connectivity index (χ3v) is 0. The normalized spacial score (nSPS) is 8.50. The van der Waals surface area contributed by atoms with Crippen molar-refractivity contribution < 1.29 is 57.7 Å². The van der Waals surface area contributed by atoms with Crippen LogP contribution >= 0.6 is 0 Å². The first-order chi connectivity index (χ1) is 3.73. The van der Waals surface area contributed by atoms with Gasteiger partial charge in [0, 0.05) is 6.92 Å². The summed E-state index contributed by atoms with van der Waals surface area (Å²) in [5, 5.41) is 15.5. The first-order valence-electron chi connectivity index (χ1n) is 1.70. The molecular weight excluding hydrogens is 164 g/mol. The van der Waals surface area contributed by atoms with Gasteiger partial charge in [-0.1, -0.05) is 0 Å². The number of alkyl halides is 3. The third kappa shape index (κ3) is 8850. The molecular formula is C3H4F3NaO3. The number of carbonyl (C=O) groups is 1. The van der Waals surface area contributed by atoms with Gasteiger partial charge >= 0.3 is 35.9 Å². The molecule has 0 radical (unpaired) electrons. The van der Waals surface area contributed by atoms with E-state index in [4.69, 9.17) is 15.0 Å². The predicted octanol–water partition coefficient (Wildman–Crippen LogP) is -3.04. The van der Waals surface area contributed by atoms with Crippen LogP contribution in [-0.2, 0) is 4.79 Å². The van der Waals surface area contributed by atoms with Crippen molar-refractivity contribution in [3.05, 3.63) is 0 Å². The Hall–Kier alpha value is 0.220. The minimum atomic E-state index is -5.25. The summed E-state index contributed by atoms with van der Waals surface area (Å²) in [4.78, 5) is 9.00. The number of carboxylic acids is 1. The van der Waals surface area contributed by atoms with Crippen LogP contribution in [0.4, 0.5) is 13.2 Å². The van der Waals surface area contributed by atoms with Crippen molar-refractivity contribution in [1.82, 2.24) is 0 Å². The maximum Gasteiger partial charge on any atom is 1.00 e. The summed E-state index contributed by atoms with van der Waals surface area (Å²) in [7, 11) is 0. The van der Waals surface area contributed by atoms with Crippen molar-refractivity contribution in [3.63, 3.8) is 0 Å². The topological polar surface area (TPSA) is 60.4 Å². The Morgan fingerprint density at radius 2 is 1.50 bits per heavy atom. The monoisotopic (exact) mass is 168 g/mol. The molecule has 0 amide bonds. The summed E-state index contributed by atoms with van der Waals surface area (Å²) < 4.78 is 29.4. The summed E-state index contributed by atoms with van der Waals surface area (Å²) in [6.45, 7) is 1.08. The molecule has 1 N–H and O–H groups in total. The maximum atomic E-state index is 9.80. The van der Waals surface area contributed by atoms with Gasteiger partial charge in [0.2, 0.25) is 0 Å². The molecule has 0 aliphatic rings. The molecule has 0 spiro atoms. The van der Waals surface area contributed by atoms with E-state index in [0.717, 1.165) is 6.92 Å². The van der Waals surface area contributed by atoms with Gasteiger partial charge in [-0.2, -0.15) is 13.2 Å². The van der Waals surface area contributed by atoms with Gasteiger partial charge in [0.25, 0.3) is 5.97 Å². The SMILES string of the molecule is CC(=O)O.[Na+].[O-]C(F)(F)F. The number of rotatable bonds is 0. The van der Waals surface area contributed by atoms with Crippen LogP contribution in [0.25, 0.3) is 0 Å². The first-order valence-corrected chi connectivity index (χ1v) is 1.70. The molecule has 0 aromatic rings. The van der Waals surface area contributed by atoms with Crippen LogP contribution < -0.4 is 34.7 Å². The van der Waals surface area contributed by atoms with Crippen LogP contribution in [0.1, 0.15) is 6.92 Å². The van der Waals surface area contributed by atoms with Gasteiger partial charge < -0.3 is 10.2 Å². The second-order valence-corrected chi connectivity index (χ2v) is 0.965. The second kappa shape index (κ2) is 7.33. The summed E-state index contributed by atoms with van der Waals surface area (Å²) in [6.07, 6.45) is -5.25. The molecule has 0 aliphatic carbocycles. The number of aliphatic carboxylic acids is 1. The van der Waals surface area contributed by atoms with Crippen LogP contribution in [0.3, 0.4) is 0 Å². The van der Waals surface area contributed by atoms with Crippen LogP contribution in [0.15, 0.2) is 0 Å². The molecule has 0 aromatic heterocycles. The summed E-state index contributed by atoms with van der Waals surface area (Å²) in [6, 6.07) is 0. The van der Waals surface area contributed by atoms with Crippen LogP contribution in [0, 0.1) is 0 Å². The van der Waals surface area contributed by atoms with Gasteiger partial charge in [-0.3, -0.25) is 4.79 Å². The second-order valence-electron chi connectivity index (χ2n) is 0.965. The molecule has 0 atom stereocenters. The van der Waals surface area contributed by atoms with E-state index in [-0.39, 0.29) is 29.6 Å². The smallest absolute Gasteiger partial charge is 0.771 e. The van der Waals surface area contributed by atoms with Gasteiger partial charge in [0.1, 0.15) is 0 Å². The third-order valence-electron chi connectivity index (χ3n) is 0. The molecule has 0 fully saturated rings. The summed E-state index contributed by atoms with van der Waals surface area (Å²) in [5.74, 6) is -0.833. The average molecular weight is 168 g/mol. The maximum absolute atomic E-state index is 9.80. The Labute approximate surface area is 77.1 Å². The molecule has 56 valence electrons. The number of halogens is 3. The van der Waals surface area contributed by atoms with Crippen LogP contribution in [-0.4, -0.2) is 17.4 Å². The van der Waals surface area contributed by atoms with E-state index in [1.807, 2.05) is 0 Å². The quantitative estimate of drug-likeness (QED) is 0.391. The number of hydrogen-bond acceptors (Lipinski definition) is 2. The van der Waals surface area contributed by atoms with E-state index in [1.54, 1.807) is 0 Å². The molecule has 0 rings (SSSR count). The molecule has 10 heavy (non-hydrogen) atoms. The van der Waals surface area contributed by atoms with Gasteiger partial charge in [-0.15, -0.1) is 0 Å². The molecule has 0 bridgehead atoms. The Bertz CT molecular complexity index is 81.5. The standard InChI is InChI=1S/C2H4O2.CF3O.Na/c1-2(3)4;2-1(3,4)5;/h1H3,(H,3,4);;/q;-1;+1. The summed E-state index contributed by atoms with van der Waals surface area (Å²) in [5.41, 5.74) is 0. The van der Waals surface area contributed by atoms with Crippen molar-refractivity contribution in [1.29, 1.82) is 0 Å². The van der Waals surface area contributed by atoms with Gasteiger partial charge in [0.05, 0.1) is 0 Å². The Kier molecular flexibility index (Phi) is 12.2. The van der Waals surface area contributed by atoms with E-state index in [1.165, 1.54) is 0 Å². The average Bonchev–Trinajstić information content (AvgIpc) is 1.19. The van der Waals surface area contributed by atoms with Crippen LogP contribution in [0.2, 0.25) is 0 Å². The Balaban J connectivity index is -0.0000000910. The molecule has 0 aromatic carbocycles. The first kappa shape index (κ1) is 16.7. The van der Waals surface area contributed by atoms with Gasteiger partial charge in [-0.25, -0.2) is 0 Å². The number of hydrogen-bond donors (Lipinski definition) is 1. The minimum absolute atomic E-state index is 0. The molecule has 0 saturated carbocycles. The van der Waals surface area contributed by atoms with E-state index in [9.17, 15) is 13.2 Å². The summed E-state index contributed by atoms with van der Waals surface area (Å²) >= 11 is 0. The molecule has 0 aliphatic heterocycles. The molecule has 7 heteroatoms. The Morgan fingerprint density at radius 1 is 1.50 bits per heavy atom. The van der Waals surface area contributed by atoms with E-state index in [0.29, 0.717) is 0 Å². The van der Waals surface area contributed by atoms with Crippen molar-refractivity contribution in [2.24, 2.45) is 0 Å². The molecule has 0 unspecified atom stereocenters. The van der Waals surface area contributed by atoms with Gasteiger partial charge in [0.15, 0.2) is 0 Å². The largest absolute Gasteiger partial charge is 1.00 e. The zero-order chi connectivity index (χ0) is 8.08. The zero-order valence-electron chi connectivity index (χ0n) is 5.40. The molecule has 3 nitrogen and oxygen atoms in total. The van der Waals surface area contributed by atoms with Crippen molar-refractivity contribution in [3.8, 4) is 0 Å². The van der Waals surface area contributed by atoms with Crippen molar-refractivity contribution in [2.75, 3.05) is 0 Å². The van der Waals surface area contributed by atoms with Gasteiger partial charge in [-0.05, 0) is 0 Å². The fourth-order valence-electron chi connectivity index (χ4n) is 0. The zero-order valence-corrected chi connectivity index (χ0v) is 7.40. The fraction of sp³-hybridized carbons (Fsp3) is 0.667. The molecule has 0 saturated heterocycles. The van der Waals surface area contributed by atoms with Crippen LogP contribution in [0.5, 0.6) is 0 Å². The number of carboxylic acid groups (broad SMARTS) is 1. The Morgan fingerprint density at radius 3 is 1.50 bits per heavy atom. The van der Waals surface area contributed by atoms with E-state index in [2.05, 4.69) is 0 Å². The van der Waals surface area contributed by atoms with Crippen molar-refractivity contribution in [2.45, 2.75) is 13.3 Å².